The first-order chi connectivity index (χ1) is 11.0. The Balaban J connectivity index is 1.95. The Morgan fingerprint density at radius 2 is 1.70 bits per heavy atom. The molecule has 0 saturated heterocycles. The molecule has 0 heterocycles. The van der Waals surface area contributed by atoms with E-state index >= 15 is 0 Å². The molecule has 0 spiro atoms. The molecule has 0 radical (unpaired) electrons. The summed E-state index contributed by atoms with van der Waals surface area (Å²) >= 11 is 1.69. The molecule has 122 valence electrons. The minimum atomic E-state index is -0.872. The molecular weight excluding hydrogens is 306 g/mol. The van der Waals surface area contributed by atoms with Crippen LogP contribution in [0.4, 0.5) is 0 Å². The molecule has 0 aromatic heterocycles. The monoisotopic (exact) mass is 329 g/mol. The van der Waals surface area contributed by atoms with Crippen molar-refractivity contribution in [3.8, 4) is 11.1 Å². The van der Waals surface area contributed by atoms with Crippen LogP contribution in [0.2, 0.25) is 0 Å². The summed E-state index contributed by atoms with van der Waals surface area (Å²) in [6.45, 7) is 2.01. The summed E-state index contributed by atoms with van der Waals surface area (Å²) in [4.78, 5) is 12.2. The molecule has 0 aliphatic heterocycles. The first-order valence-electron chi connectivity index (χ1n) is 7.67. The third-order valence-electron chi connectivity index (χ3n) is 3.73. The van der Waals surface area contributed by atoms with Crippen molar-refractivity contribution in [1.82, 2.24) is 5.32 Å². The average Bonchev–Trinajstić information content (AvgIpc) is 2.59. The minimum absolute atomic E-state index is 0.158. The number of benzene rings is 2. The van der Waals surface area contributed by atoms with Crippen LogP contribution in [0.3, 0.4) is 0 Å². The molecule has 2 aromatic rings. The van der Waals surface area contributed by atoms with Crippen LogP contribution in [0.15, 0.2) is 54.6 Å². The molecule has 0 aliphatic carbocycles. The lowest BCUT2D eigenvalue weighted by Crippen LogP contribution is -2.41. The van der Waals surface area contributed by atoms with E-state index in [1.165, 1.54) is 0 Å². The largest absolute Gasteiger partial charge is 0.388 e. The molecule has 3 nitrogen and oxygen atoms in total. The first kappa shape index (κ1) is 17.6. The number of thioether (sulfide) groups is 1. The highest BCUT2D eigenvalue weighted by molar-refractivity contribution is 7.98. The maximum Gasteiger partial charge on any atom is 0.251 e. The molecule has 0 saturated carbocycles. The summed E-state index contributed by atoms with van der Waals surface area (Å²) in [5.74, 6) is 0.711. The topological polar surface area (TPSA) is 49.3 Å². The van der Waals surface area contributed by atoms with E-state index in [2.05, 4.69) is 5.32 Å². The van der Waals surface area contributed by atoms with E-state index in [1.807, 2.05) is 60.9 Å². The van der Waals surface area contributed by atoms with Crippen molar-refractivity contribution in [2.45, 2.75) is 18.9 Å². The van der Waals surface area contributed by atoms with Gasteiger partial charge in [0, 0.05) is 12.1 Å². The van der Waals surface area contributed by atoms with Crippen molar-refractivity contribution < 1.29 is 9.90 Å². The predicted molar refractivity (Wildman–Crippen MR) is 97.8 cm³/mol. The number of carbonyl (C=O) groups is 1. The second-order valence-corrected chi connectivity index (χ2v) is 6.85. The fourth-order valence-corrected chi connectivity index (χ4v) is 2.87. The van der Waals surface area contributed by atoms with E-state index in [9.17, 15) is 9.90 Å². The van der Waals surface area contributed by atoms with Gasteiger partial charge >= 0.3 is 0 Å². The zero-order valence-corrected chi connectivity index (χ0v) is 14.4. The van der Waals surface area contributed by atoms with Gasteiger partial charge in [-0.15, -0.1) is 0 Å². The van der Waals surface area contributed by atoms with Crippen LogP contribution < -0.4 is 5.32 Å². The molecule has 23 heavy (non-hydrogen) atoms. The van der Waals surface area contributed by atoms with Gasteiger partial charge in [-0.3, -0.25) is 4.79 Å². The van der Waals surface area contributed by atoms with Crippen LogP contribution in [-0.2, 0) is 0 Å². The van der Waals surface area contributed by atoms with Gasteiger partial charge in [0.05, 0.1) is 5.60 Å². The molecule has 0 bridgehead atoms. The maximum atomic E-state index is 12.2. The Morgan fingerprint density at radius 1 is 1.09 bits per heavy atom. The number of carbonyl (C=O) groups excluding carboxylic acids is 1. The van der Waals surface area contributed by atoms with Gasteiger partial charge in [0.15, 0.2) is 0 Å². The number of amides is 1. The summed E-state index contributed by atoms with van der Waals surface area (Å²) in [5, 5.41) is 13.0. The molecule has 2 N–H and O–H groups in total. The lowest BCUT2D eigenvalue weighted by molar-refractivity contribution is 0.0528. The second kappa shape index (κ2) is 8.18. The maximum absolute atomic E-state index is 12.2. The van der Waals surface area contributed by atoms with Gasteiger partial charge in [-0.05, 0) is 48.6 Å². The van der Waals surface area contributed by atoms with Crippen LogP contribution in [0.1, 0.15) is 23.7 Å². The molecule has 2 rings (SSSR count). The molecule has 0 fully saturated rings. The Bertz CT molecular complexity index is 624. The standard InChI is InChI=1S/C19H23NO2S/c1-19(22,12-13-23-2)14-20-18(21)17-10-8-16(9-11-17)15-6-4-3-5-7-15/h3-11,22H,12-14H2,1-2H3,(H,20,21). The van der Waals surface area contributed by atoms with Gasteiger partial charge in [-0.2, -0.15) is 11.8 Å². The fourth-order valence-electron chi connectivity index (χ4n) is 2.23. The van der Waals surface area contributed by atoms with Crippen LogP contribution in [0.5, 0.6) is 0 Å². The third-order valence-corrected chi connectivity index (χ3v) is 4.34. The van der Waals surface area contributed by atoms with Gasteiger partial charge in [0.1, 0.15) is 0 Å². The van der Waals surface area contributed by atoms with E-state index in [4.69, 9.17) is 0 Å². The molecule has 4 heteroatoms. The van der Waals surface area contributed by atoms with Crippen LogP contribution in [0, 0.1) is 0 Å². The Hall–Kier alpha value is -1.78. The number of nitrogens with one attached hydrogen (secondary N) is 1. The second-order valence-electron chi connectivity index (χ2n) is 5.87. The van der Waals surface area contributed by atoms with Crippen LogP contribution in [0.25, 0.3) is 11.1 Å². The average molecular weight is 329 g/mol. The molecule has 1 unspecified atom stereocenters. The number of hydrogen-bond donors (Lipinski definition) is 2. The van der Waals surface area contributed by atoms with E-state index < -0.39 is 5.60 Å². The summed E-state index contributed by atoms with van der Waals surface area (Å²) in [6.07, 6.45) is 2.66. The third kappa shape index (κ3) is 5.41. The Kier molecular flexibility index (Phi) is 6.25. The van der Waals surface area contributed by atoms with E-state index in [0.29, 0.717) is 12.0 Å². The number of rotatable bonds is 7. The first-order valence-corrected chi connectivity index (χ1v) is 9.06. The van der Waals surface area contributed by atoms with E-state index in [1.54, 1.807) is 18.7 Å². The predicted octanol–water partition coefficient (Wildman–Crippen LogP) is 3.59. The van der Waals surface area contributed by atoms with Crippen molar-refractivity contribution >= 4 is 17.7 Å². The van der Waals surface area contributed by atoms with Crippen LogP contribution in [-0.4, -0.2) is 35.2 Å². The Labute approximate surface area is 142 Å². The number of hydrogen-bond acceptors (Lipinski definition) is 3. The zero-order chi connectivity index (χ0) is 16.7. The normalized spacial score (nSPS) is 13.3. The highest BCUT2D eigenvalue weighted by Gasteiger charge is 2.20. The van der Waals surface area contributed by atoms with Crippen LogP contribution >= 0.6 is 11.8 Å². The quantitative estimate of drug-likeness (QED) is 0.816. The smallest absolute Gasteiger partial charge is 0.251 e. The molecule has 0 aliphatic rings. The lowest BCUT2D eigenvalue weighted by Gasteiger charge is -2.23. The molecule has 1 amide bonds. The summed E-state index contributed by atoms with van der Waals surface area (Å²) in [5.41, 5.74) is 1.93. The van der Waals surface area contributed by atoms with Crippen molar-refractivity contribution in [2.75, 3.05) is 18.6 Å². The number of aliphatic hydroxyl groups is 1. The van der Waals surface area contributed by atoms with Gasteiger partial charge in [0.25, 0.3) is 5.91 Å². The SMILES string of the molecule is CSCCC(C)(O)CNC(=O)c1ccc(-c2ccccc2)cc1. The molecular formula is C19H23NO2S. The molecule has 1 atom stereocenters. The van der Waals surface area contributed by atoms with Crippen molar-refractivity contribution in [3.05, 3.63) is 60.2 Å². The highest BCUT2D eigenvalue weighted by atomic mass is 32.2. The fraction of sp³-hybridized carbons (Fsp3) is 0.316. The van der Waals surface area contributed by atoms with Crippen molar-refractivity contribution in [2.24, 2.45) is 0 Å². The lowest BCUT2D eigenvalue weighted by atomic mass is 10.0. The van der Waals surface area contributed by atoms with E-state index in [-0.39, 0.29) is 12.5 Å². The summed E-state index contributed by atoms with van der Waals surface area (Å²) in [6, 6.07) is 17.6. The van der Waals surface area contributed by atoms with Gasteiger partial charge < -0.3 is 10.4 Å². The minimum Gasteiger partial charge on any atom is -0.388 e. The van der Waals surface area contributed by atoms with Gasteiger partial charge in [-0.25, -0.2) is 0 Å². The van der Waals surface area contributed by atoms with Gasteiger partial charge in [-0.1, -0.05) is 42.5 Å². The Morgan fingerprint density at radius 3 is 2.30 bits per heavy atom. The van der Waals surface area contributed by atoms with E-state index in [0.717, 1.165) is 16.9 Å². The van der Waals surface area contributed by atoms with Gasteiger partial charge in [0.2, 0.25) is 0 Å². The molecule has 2 aromatic carbocycles. The summed E-state index contributed by atoms with van der Waals surface area (Å²) < 4.78 is 0. The van der Waals surface area contributed by atoms with Crippen molar-refractivity contribution in [3.63, 3.8) is 0 Å². The zero-order valence-electron chi connectivity index (χ0n) is 13.6. The highest BCUT2D eigenvalue weighted by Crippen LogP contribution is 2.19. The van der Waals surface area contributed by atoms with Crippen molar-refractivity contribution in [1.29, 1.82) is 0 Å². The summed E-state index contributed by atoms with van der Waals surface area (Å²) in [7, 11) is 0.